The molecule has 0 spiro atoms. The maximum absolute atomic E-state index is 7.74. The van der Waals surface area contributed by atoms with Crippen LogP contribution >= 0.6 is 15.8 Å². The van der Waals surface area contributed by atoms with Crippen molar-refractivity contribution in [3.8, 4) is 34.1 Å². The van der Waals surface area contributed by atoms with Crippen molar-refractivity contribution in [3.63, 3.8) is 0 Å². The Bertz CT molecular complexity index is 4150. The van der Waals surface area contributed by atoms with Gasteiger partial charge >= 0.3 is 44.8 Å². The van der Waals surface area contributed by atoms with Gasteiger partial charge in [-0.3, -0.25) is 11.8 Å². The van der Waals surface area contributed by atoms with Crippen LogP contribution in [-0.4, -0.2) is 5.90 Å². The second-order valence-corrected chi connectivity index (χ2v) is 25.3. The molecule has 0 radical (unpaired) electrons. The molecule has 0 bridgehead atoms. The van der Waals surface area contributed by atoms with Crippen molar-refractivity contribution in [2.45, 2.75) is 0 Å². The minimum Gasteiger partial charge on any atom is -0.366 e. The summed E-state index contributed by atoms with van der Waals surface area (Å²) in [5.74, 6) is 6.49. The van der Waals surface area contributed by atoms with Gasteiger partial charge in [-0.15, -0.1) is 23.3 Å². The minimum atomic E-state index is -0.847. The Morgan fingerprint density at radius 2 is 0.457 bits per heavy atom. The molecule has 0 saturated carbocycles. The molecule has 14 aromatic rings. The fourth-order valence-electron chi connectivity index (χ4n) is 11.3. The number of hydrogen-bond acceptors (Lipinski definition) is 0. The second kappa shape index (κ2) is 26.6. The predicted molar refractivity (Wildman–Crippen MR) is 347 cm³/mol. The van der Waals surface area contributed by atoms with Crippen LogP contribution in [0.25, 0.3) is 86.9 Å². The molecule has 392 valence electrons. The normalized spacial score (nSPS) is 10.8. The Morgan fingerprint density at radius 1 is 0.235 bits per heavy atom. The van der Waals surface area contributed by atoms with Crippen molar-refractivity contribution in [2.24, 2.45) is 0 Å². The van der Waals surface area contributed by atoms with Crippen molar-refractivity contribution in [3.05, 3.63) is 327 Å². The topological polar surface area (TPSA) is 0 Å². The number of benzene rings is 14. The third-order valence-corrected chi connectivity index (χ3v) is 22.0. The number of fused-ring (bicyclic) bond motifs is 10. The zero-order valence-corrected chi connectivity index (χ0v) is 49.1. The van der Waals surface area contributed by atoms with E-state index in [2.05, 4.69) is 291 Å². The first kappa shape index (κ1) is 56.4. The maximum Gasteiger partial charge on any atom is 1.00 e. The molecule has 0 unspecified atom stereocenters. The van der Waals surface area contributed by atoms with Crippen molar-refractivity contribution >= 4 is 102 Å². The second-order valence-electron chi connectivity index (χ2n) is 19.6. The maximum atomic E-state index is 7.74. The molecule has 0 nitrogen and oxygen atoms in total. The summed E-state index contributed by atoms with van der Waals surface area (Å²) in [5, 5.41) is 20.2. The van der Waals surface area contributed by atoms with E-state index in [1.165, 1.54) is 103 Å². The largest absolute Gasteiger partial charge is 1.00 e. The fourth-order valence-corrected chi connectivity index (χ4v) is 19.0. The van der Waals surface area contributed by atoms with E-state index in [-0.39, 0.29) is 44.8 Å². The Kier molecular flexibility index (Phi) is 18.5. The molecule has 0 atom stereocenters. The molecule has 14 rings (SSSR count). The molecular formula is C77H54Ag2P2+2. The smallest absolute Gasteiger partial charge is 0.366 e. The van der Waals surface area contributed by atoms with Gasteiger partial charge in [0.15, 0.2) is 5.90 Å². The Labute approximate surface area is 509 Å². The van der Waals surface area contributed by atoms with Crippen LogP contribution in [-0.2, 0) is 44.8 Å². The number of rotatable bonds is 8. The van der Waals surface area contributed by atoms with Gasteiger partial charge in [0.05, 0.1) is 0 Å². The van der Waals surface area contributed by atoms with E-state index in [1.54, 1.807) is 0 Å². The van der Waals surface area contributed by atoms with Crippen LogP contribution in [0.5, 0.6) is 0 Å². The van der Waals surface area contributed by atoms with Gasteiger partial charge in [-0.1, -0.05) is 241 Å². The summed E-state index contributed by atoms with van der Waals surface area (Å²) in [6.45, 7) is 0. The first-order chi connectivity index (χ1) is 39.1. The van der Waals surface area contributed by atoms with Crippen molar-refractivity contribution in [1.82, 2.24) is 0 Å². The quantitative estimate of drug-likeness (QED) is 0.0468. The summed E-state index contributed by atoms with van der Waals surface area (Å²) in [6.07, 6.45) is 15.5. The van der Waals surface area contributed by atoms with Crippen LogP contribution in [0.2, 0.25) is 0 Å². The first-order valence-corrected chi connectivity index (χ1v) is 30.2. The molecule has 0 aliphatic rings. The average Bonchev–Trinajstić information content (AvgIpc) is 3.73. The summed E-state index contributed by atoms with van der Waals surface area (Å²) < 4.78 is 0. The predicted octanol–water partition coefficient (Wildman–Crippen LogP) is 18.2. The fraction of sp³-hybridized carbons (Fsp3) is 0.0130. The van der Waals surface area contributed by atoms with E-state index in [0.717, 1.165) is 21.9 Å². The summed E-state index contributed by atoms with van der Waals surface area (Å²) >= 11 is 0. The molecule has 4 heteroatoms. The summed E-state index contributed by atoms with van der Waals surface area (Å²) in [4.78, 5) is 0. The van der Waals surface area contributed by atoms with Gasteiger partial charge in [-0.05, 0) is 137 Å². The first-order valence-electron chi connectivity index (χ1n) is 26.8. The average molecular weight is 1260 g/mol. The van der Waals surface area contributed by atoms with E-state index in [4.69, 9.17) is 12.8 Å². The SMILES string of the molecule is [Ag+].[Ag+].[C-]#Cc1cc2c3ccccc3c(-c3ccccc3)cc2c2ccccc12.[C-]#Cc1cc2c3ccccc3c(-c3ccccc3)cc2c2ccccc12.c1ccc([PH+](C[PH+](c2ccccc2)c2ccccc2)c2ccccc2)cc1. The van der Waals surface area contributed by atoms with Gasteiger partial charge in [-0.25, -0.2) is 0 Å². The van der Waals surface area contributed by atoms with Gasteiger partial charge in [-0.2, -0.15) is 0 Å². The Balaban J connectivity index is 0.000000135. The van der Waals surface area contributed by atoms with Crippen LogP contribution in [0.1, 0.15) is 11.1 Å². The van der Waals surface area contributed by atoms with Gasteiger partial charge in [0.1, 0.15) is 37.1 Å². The standard InChI is InChI=1S/2C26H15.C25H22P2.2Ag/c2*1-2-18-16-25-23-15-9-8-14-22(23)24(19-10-4-3-5-11-19)17-26(25)21-13-7-6-12-20(18)21;1-5-13-22(14-6-1)26(23-15-7-2-8-16-23)21-27(24-17-9-3-10-18-24)25-19-11-4-12-20-25;;/h2*3-17H;1-20H,21H2;;/q2*-1;;2*+1/p+2. The van der Waals surface area contributed by atoms with E-state index < -0.39 is 15.8 Å². The molecule has 0 heterocycles. The zero-order valence-electron chi connectivity index (χ0n) is 44.2. The van der Waals surface area contributed by atoms with Crippen molar-refractivity contribution in [1.29, 1.82) is 0 Å². The van der Waals surface area contributed by atoms with E-state index in [1.807, 2.05) is 24.3 Å². The van der Waals surface area contributed by atoms with Gasteiger partial charge in [0.2, 0.25) is 0 Å². The van der Waals surface area contributed by atoms with Gasteiger partial charge < -0.3 is 12.8 Å². The van der Waals surface area contributed by atoms with Crippen LogP contribution < -0.4 is 21.2 Å². The van der Waals surface area contributed by atoms with Gasteiger partial charge in [0.25, 0.3) is 0 Å². The molecule has 0 amide bonds. The molecule has 0 aliphatic carbocycles. The van der Waals surface area contributed by atoms with Crippen LogP contribution in [0, 0.1) is 24.7 Å². The molecule has 0 N–H and O–H groups in total. The van der Waals surface area contributed by atoms with E-state index >= 15 is 0 Å². The molecule has 0 saturated heterocycles. The minimum absolute atomic E-state index is 0. The third-order valence-electron chi connectivity index (χ3n) is 15.0. The van der Waals surface area contributed by atoms with Crippen LogP contribution in [0.4, 0.5) is 0 Å². The Morgan fingerprint density at radius 3 is 0.741 bits per heavy atom. The number of hydrogen-bond donors (Lipinski definition) is 0. The zero-order chi connectivity index (χ0) is 53.3. The Hall–Kier alpha value is -7.90. The van der Waals surface area contributed by atoms with Gasteiger partial charge in [0, 0.05) is 0 Å². The van der Waals surface area contributed by atoms with Crippen molar-refractivity contribution < 1.29 is 44.8 Å². The summed E-state index contributed by atoms with van der Waals surface area (Å²) in [6, 6.07) is 108. The van der Waals surface area contributed by atoms with Crippen molar-refractivity contribution in [2.75, 3.05) is 5.90 Å². The molecule has 0 aromatic heterocycles. The van der Waals surface area contributed by atoms with Crippen LogP contribution in [0.3, 0.4) is 0 Å². The van der Waals surface area contributed by atoms with E-state index in [0.29, 0.717) is 0 Å². The third kappa shape index (κ3) is 12.0. The monoisotopic (exact) mass is 1250 g/mol. The van der Waals surface area contributed by atoms with Crippen LogP contribution in [0.15, 0.2) is 303 Å². The summed E-state index contributed by atoms with van der Waals surface area (Å²) in [5.41, 5.74) is 6.60. The summed E-state index contributed by atoms with van der Waals surface area (Å²) in [7, 11) is -1.69. The molecular weight excluding hydrogens is 1200 g/mol. The molecule has 14 aromatic carbocycles. The molecule has 81 heavy (non-hydrogen) atoms. The molecule has 0 aliphatic heterocycles. The molecule has 0 fully saturated rings. The van der Waals surface area contributed by atoms with E-state index in [9.17, 15) is 0 Å².